The molecule has 8 heteroatoms. The van der Waals surface area contributed by atoms with Gasteiger partial charge in [-0.3, -0.25) is 4.72 Å². The van der Waals surface area contributed by atoms with Crippen molar-refractivity contribution < 1.29 is 17.2 Å². The van der Waals surface area contributed by atoms with E-state index in [1.807, 2.05) is 4.72 Å². The first-order valence-electron chi connectivity index (χ1n) is 5.32. The van der Waals surface area contributed by atoms with E-state index in [2.05, 4.69) is 15.9 Å². The third-order valence-corrected chi connectivity index (χ3v) is 4.31. The average molecular weight is 363 g/mol. The van der Waals surface area contributed by atoms with Gasteiger partial charge in [-0.15, -0.1) is 0 Å². The molecule has 0 fully saturated rings. The summed E-state index contributed by atoms with van der Waals surface area (Å²) in [5.41, 5.74) is 5.16. The predicted molar refractivity (Wildman–Crippen MR) is 75.7 cm³/mol. The van der Waals surface area contributed by atoms with Crippen molar-refractivity contribution in [1.82, 2.24) is 0 Å². The molecule has 20 heavy (non-hydrogen) atoms. The first-order valence-corrected chi connectivity index (χ1v) is 7.60. The molecule has 106 valence electrons. The van der Waals surface area contributed by atoms with Gasteiger partial charge in [-0.1, -0.05) is 15.9 Å². The second-order valence-electron chi connectivity index (χ2n) is 3.92. The molecule has 0 aliphatic carbocycles. The second kappa shape index (κ2) is 5.37. The van der Waals surface area contributed by atoms with Gasteiger partial charge in [-0.2, -0.15) is 0 Å². The van der Waals surface area contributed by atoms with E-state index >= 15 is 0 Å². The highest BCUT2D eigenvalue weighted by Crippen LogP contribution is 2.24. The Labute approximate surface area is 122 Å². The fraction of sp³-hybridized carbons (Fsp3) is 0. The van der Waals surface area contributed by atoms with Gasteiger partial charge in [-0.05, 0) is 36.4 Å². The summed E-state index contributed by atoms with van der Waals surface area (Å²) in [6.07, 6.45) is 0. The maximum absolute atomic E-state index is 13.6. The lowest BCUT2D eigenvalue weighted by Gasteiger charge is -2.10. The normalized spacial score (nSPS) is 11.3. The fourth-order valence-electron chi connectivity index (χ4n) is 1.51. The molecule has 0 unspecified atom stereocenters. The molecule has 0 atom stereocenters. The second-order valence-corrected chi connectivity index (χ2v) is 6.49. The van der Waals surface area contributed by atoms with Crippen molar-refractivity contribution in [1.29, 1.82) is 0 Å². The summed E-state index contributed by atoms with van der Waals surface area (Å²) in [6, 6.07) is 6.88. The van der Waals surface area contributed by atoms with E-state index in [9.17, 15) is 17.2 Å². The standard InChI is InChI=1S/C12H9BrF2N2O2S/c13-7-1-3-9(14)11(5-7)17-20(18,19)12-4-2-8(16)6-10(12)15/h1-6,17H,16H2. The highest BCUT2D eigenvalue weighted by molar-refractivity contribution is 9.10. The SMILES string of the molecule is Nc1ccc(S(=O)(=O)Nc2cc(Br)ccc2F)c(F)c1. The zero-order valence-corrected chi connectivity index (χ0v) is 12.3. The third-order valence-electron chi connectivity index (χ3n) is 2.42. The summed E-state index contributed by atoms with van der Waals surface area (Å²) in [5.74, 6) is -1.78. The first-order chi connectivity index (χ1) is 9.29. The van der Waals surface area contributed by atoms with Gasteiger partial charge < -0.3 is 5.73 Å². The van der Waals surface area contributed by atoms with Gasteiger partial charge in [0.25, 0.3) is 10.0 Å². The Kier molecular flexibility index (Phi) is 3.96. The molecule has 0 heterocycles. The summed E-state index contributed by atoms with van der Waals surface area (Å²) in [4.78, 5) is -0.605. The van der Waals surface area contributed by atoms with Gasteiger partial charge in [0.15, 0.2) is 0 Å². The highest BCUT2D eigenvalue weighted by atomic mass is 79.9. The molecule has 0 amide bonds. The number of hydrogen-bond donors (Lipinski definition) is 2. The number of anilines is 2. The van der Waals surface area contributed by atoms with Crippen molar-refractivity contribution >= 4 is 37.3 Å². The smallest absolute Gasteiger partial charge is 0.264 e. The molecule has 0 bridgehead atoms. The Hall–Kier alpha value is -1.67. The van der Waals surface area contributed by atoms with Crippen molar-refractivity contribution in [3.05, 3.63) is 52.5 Å². The molecule has 0 saturated carbocycles. The molecule has 4 nitrogen and oxygen atoms in total. The Morgan fingerprint density at radius 3 is 2.40 bits per heavy atom. The van der Waals surface area contributed by atoms with Gasteiger partial charge in [0.05, 0.1) is 5.69 Å². The molecule has 0 spiro atoms. The van der Waals surface area contributed by atoms with E-state index in [1.165, 1.54) is 18.2 Å². The molecule has 2 aromatic carbocycles. The van der Waals surface area contributed by atoms with Gasteiger partial charge in [0.2, 0.25) is 0 Å². The number of benzene rings is 2. The van der Waals surface area contributed by atoms with Crippen LogP contribution in [0.3, 0.4) is 0 Å². The summed E-state index contributed by atoms with van der Waals surface area (Å²) in [7, 11) is -4.24. The number of nitrogens with two attached hydrogens (primary N) is 1. The van der Waals surface area contributed by atoms with Gasteiger partial charge in [0.1, 0.15) is 16.5 Å². The Balaban J connectivity index is 2.43. The lowest BCUT2D eigenvalue weighted by molar-refractivity contribution is 0.570. The molecule has 3 N–H and O–H groups in total. The van der Waals surface area contributed by atoms with Crippen LogP contribution >= 0.6 is 15.9 Å². The van der Waals surface area contributed by atoms with E-state index in [0.717, 1.165) is 18.2 Å². The van der Waals surface area contributed by atoms with Gasteiger partial charge in [-0.25, -0.2) is 17.2 Å². The van der Waals surface area contributed by atoms with Crippen LogP contribution < -0.4 is 10.5 Å². The molecule has 2 aromatic rings. The lowest BCUT2D eigenvalue weighted by Crippen LogP contribution is -2.15. The number of nitrogens with one attached hydrogen (secondary N) is 1. The fourth-order valence-corrected chi connectivity index (χ4v) is 2.99. The lowest BCUT2D eigenvalue weighted by atomic mass is 10.3. The Morgan fingerprint density at radius 2 is 1.75 bits per heavy atom. The van der Waals surface area contributed by atoms with Crippen LogP contribution in [0.2, 0.25) is 0 Å². The Morgan fingerprint density at radius 1 is 1.05 bits per heavy atom. The maximum atomic E-state index is 13.6. The van der Waals surface area contributed by atoms with E-state index in [4.69, 9.17) is 5.73 Å². The van der Waals surface area contributed by atoms with Gasteiger partial charge >= 0.3 is 0 Å². The first kappa shape index (κ1) is 14.7. The third kappa shape index (κ3) is 3.07. The molecule has 0 radical (unpaired) electrons. The van der Waals surface area contributed by atoms with E-state index in [1.54, 1.807) is 0 Å². The zero-order chi connectivity index (χ0) is 14.9. The van der Waals surface area contributed by atoms with Crippen molar-refractivity contribution in [3.8, 4) is 0 Å². The maximum Gasteiger partial charge on any atom is 0.264 e. The van der Waals surface area contributed by atoms with Crippen LogP contribution in [0.4, 0.5) is 20.2 Å². The number of nitrogen functional groups attached to an aromatic ring is 1. The molecular weight excluding hydrogens is 354 g/mol. The van der Waals surface area contributed by atoms with Crippen LogP contribution in [0.25, 0.3) is 0 Å². The van der Waals surface area contributed by atoms with Crippen LogP contribution in [0.1, 0.15) is 0 Å². The molecular formula is C12H9BrF2N2O2S. The number of halogens is 3. The quantitative estimate of drug-likeness (QED) is 0.824. The van der Waals surface area contributed by atoms with E-state index in [0.29, 0.717) is 4.47 Å². The van der Waals surface area contributed by atoms with Crippen molar-refractivity contribution in [2.45, 2.75) is 4.90 Å². The molecule has 0 aromatic heterocycles. The van der Waals surface area contributed by atoms with Crippen LogP contribution in [0.5, 0.6) is 0 Å². The van der Waals surface area contributed by atoms with Crippen LogP contribution in [-0.2, 0) is 10.0 Å². The minimum Gasteiger partial charge on any atom is -0.399 e. The zero-order valence-electron chi connectivity index (χ0n) is 9.90. The topological polar surface area (TPSA) is 72.2 Å². The Bertz CT molecular complexity index is 766. The summed E-state index contributed by atoms with van der Waals surface area (Å²) in [5, 5.41) is 0. The summed E-state index contributed by atoms with van der Waals surface area (Å²) >= 11 is 3.09. The molecule has 2 rings (SSSR count). The predicted octanol–water partition coefficient (Wildman–Crippen LogP) is 3.11. The van der Waals surface area contributed by atoms with Crippen LogP contribution in [0.15, 0.2) is 45.8 Å². The van der Waals surface area contributed by atoms with Crippen molar-refractivity contribution in [2.75, 3.05) is 10.5 Å². The average Bonchev–Trinajstić information content (AvgIpc) is 2.33. The minimum atomic E-state index is -4.24. The van der Waals surface area contributed by atoms with Crippen molar-refractivity contribution in [2.24, 2.45) is 0 Å². The number of hydrogen-bond acceptors (Lipinski definition) is 3. The highest BCUT2D eigenvalue weighted by Gasteiger charge is 2.20. The van der Waals surface area contributed by atoms with Crippen LogP contribution in [0, 0.1) is 11.6 Å². The largest absolute Gasteiger partial charge is 0.399 e. The molecule has 0 aliphatic heterocycles. The molecule has 0 saturated heterocycles. The monoisotopic (exact) mass is 362 g/mol. The van der Waals surface area contributed by atoms with Crippen LogP contribution in [-0.4, -0.2) is 8.42 Å². The van der Waals surface area contributed by atoms with Gasteiger partial charge in [0, 0.05) is 10.2 Å². The van der Waals surface area contributed by atoms with Crippen molar-refractivity contribution in [3.63, 3.8) is 0 Å². The number of rotatable bonds is 3. The van der Waals surface area contributed by atoms with E-state index in [-0.39, 0.29) is 11.4 Å². The molecule has 0 aliphatic rings. The minimum absolute atomic E-state index is 0.0927. The summed E-state index contributed by atoms with van der Waals surface area (Å²) < 4.78 is 53.7. The summed E-state index contributed by atoms with van der Waals surface area (Å²) in [6.45, 7) is 0. The number of sulfonamides is 1. The van der Waals surface area contributed by atoms with E-state index < -0.39 is 26.6 Å².